The Bertz CT molecular complexity index is 971. The summed E-state index contributed by atoms with van der Waals surface area (Å²) in [5.74, 6) is -0.777. The van der Waals surface area contributed by atoms with E-state index < -0.39 is 6.04 Å². The maximum absolute atomic E-state index is 12.3. The highest BCUT2D eigenvalue weighted by Crippen LogP contribution is 2.16. The standard InChI is InChI=1S/C20H20N6O3/c1-13(27)22-15-8-5-9-16(10-15)23-18(28)11-17-19(29)25-20(24-17)26-21-12-14-6-3-2-4-7-14/h2-10,12,17H,11H2,1H3,(H,22,27)(H,23,28)(H2,24,25,26,29)/b21-12+. The van der Waals surface area contributed by atoms with Crippen LogP contribution in [-0.4, -0.2) is 35.9 Å². The largest absolute Gasteiger partial charge is 0.326 e. The number of benzene rings is 2. The highest BCUT2D eigenvalue weighted by Gasteiger charge is 2.28. The van der Waals surface area contributed by atoms with Gasteiger partial charge in [-0.25, -0.2) is 10.4 Å². The number of carbonyl (C=O) groups excluding carboxylic acids is 3. The van der Waals surface area contributed by atoms with Crippen LogP contribution in [0.1, 0.15) is 18.9 Å². The molecule has 0 spiro atoms. The van der Waals surface area contributed by atoms with Crippen LogP contribution in [0.5, 0.6) is 0 Å². The first-order chi connectivity index (χ1) is 14.0. The minimum Gasteiger partial charge on any atom is -0.326 e. The quantitative estimate of drug-likeness (QED) is 0.439. The fraction of sp³-hybridized carbons (Fsp3) is 0.150. The van der Waals surface area contributed by atoms with Crippen LogP contribution >= 0.6 is 0 Å². The lowest BCUT2D eigenvalue weighted by Gasteiger charge is -2.09. The van der Waals surface area contributed by atoms with E-state index in [0.29, 0.717) is 11.4 Å². The normalized spacial score (nSPS) is 15.6. The summed E-state index contributed by atoms with van der Waals surface area (Å²) in [5.41, 5.74) is 4.62. The highest BCUT2D eigenvalue weighted by molar-refractivity contribution is 6.07. The molecule has 1 unspecified atom stereocenters. The van der Waals surface area contributed by atoms with Crippen molar-refractivity contribution in [1.82, 2.24) is 10.7 Å². The van der Waals surface area contributed by atoms with Gasteiger partial charge in [-0.1, -0.05) is 36.4 Å². The Kier molecular flexibility index (Phi) is 6.31. The lowest BCUT2D eigenvalue weighted by molar-refractivity contribution is -0.123. The number of carbonyl (C=O) groups is 3. The van der Waals surface area contributed by atoms with Crippen molar-refractivity contribution in [1.29, 1.82) is 0 Å². The van der Waals surface area contributed by atoms with Crippen LogP contribution in [0.25, 0.3) is 0 Å². The van der Waals surface area contributed by atoms with E-state index in [1.807, 2.05) is 30.3 Å². The van der Waals surface area contributed by atoms with Crippen molar-refractivity contribution >= 4 is 41.3 Å². The third kappa shape index (κ3) is 5.99. The summed E-state index contributed by atoms with van der Waals surface area (Å²) < 4.78 is 0. The second-order valence-corrected chi connectivity index (χ2v) is 6.28. The summed E-state index contributed by atoms with van der Waals surface area (Å²) >= 11 is 0. The van der Waals surface area contributed by atoms with Crippen LogP contribution in [0, 0.1) is 0 Å². The molecule has 1 aliphatic rings. The topological polar surface area (TPSA) is 124 Å². The number of nitrogens with one attached hydrogen (secondary N) is 4. The lowest BCUT2D eigenvalue weighted by atomic mass is 10.2. The number of guanidine groups is 1. The fourth-order valence-corrected chi connectivity index (χ4v) is 2.61. The van der Waals surface area contributed by atoms with Gasteiger partial charge in [-0.15, -0.1) is 0 Å². The average molecular weight is 392 g/mol. The van der Waals surface area contributed by atoms with Crippen LogP contribution < -0.4 is 21.4 Å². The van der Waals surface area contributed by atoms with Gasteiger partial charge in [0.25, 0.3) is 5.91 Å². The van der Waals surface area contributed by atoms with Crippen LogP contribution in [0.4, 0.5) is 11.4 Å². The molecule has 0 aromatic heterocycles. The van der Waals surface area contributed by atoms with Gasteiger partial charge in [-0.05, 0) is 23.8 Å². The molecular weight excluding hydrogens is 372 g/mol. The molecule has 0 fully saturated rings. The number of hydrogen-bond acceptors (Lipinski definition) is 6. The molecule has 4 N–H and O–H groups in total. The van der Waals surface area contributed by atoms with Crippen LogP contribution in [0.3, 0.4) is 0 Å². The summed E-state index contributed by atoms with van der Waals surface area (Å²) in [5, 5.41) is 11.9. The first kappa shape index (κ1) is 19.7. The molecule has 1 atom stereocenters. The second-order valence-electron chi connectivity index (χ2n) is 6.28. The van der Waals surface area contributed by atoms with E-state index in [4.69, 9.17) is 0 Å². The van der Waals surface area contributed by atoms with E-state index in [0.717, 1.165) is 5.56 Å². The van der Waals surface area contributed by atoms with E-state index in [1.54, 1.807) is 30.5 Å². The maximum atomic E-state index is 12.3. The van der Waals surface area contributed by atoms with Crippen molar-refractivity contribution in [2.24, 2.45) is 10.1 Å². The fourth-order valence-electron chi connectivity index (χ4n) is 2.61. The zero-order chi connectivity index (χ0) is 20.6. The van der Waals surface area contributed by atoms with Gasteiger partial charge in [0, 0.05) is 18.3 Å². The van der Waals surface area contributed by atoms with Crippen molar-refractivity contribution < 1.29 is 14.4 Å². The van der Waals surface area contributed by atoms with E-state index in [9.17, 15) is 14.4 Å². The van der Waals surface area contributed by atoms with E-state index in [1.165, 1.54) is 6.92 Å². The minimum atomic E-state index is -0.844. The Morgan fingerprint density at radius 3 is 2.55 bits per heavy atom. The van der Waals surface area contributed by atoms with Crippen molar-refractivity contribution in [2.75, 3.05) is 10.6 Å². The van der Waals surface area contributed by atoms with E-state index in [2.05, 4.69) is 31.5 Å². The van der Waals surface area contributed by atoms with Gasteiger partial charge in [0.1, 0.15) is 6.04 Å². The summed E-state index contributed by atoms with van der Waals surface area (Å²) in [6, 6.07) is 15.3. The average Bonchev–Trinajstić information content (AvgIpc) is 3.01. The Hall–Kier alpha value is -4.01. The molecule has 0 saturated heterocycles. The Labute approximate surface area is 167 Å². The SMILES string of the molecule is CC(=O)Nc1cccc(NC(=O)CC2N=C(N/N=C/c3ccccc3)NC2=O)c1. The molecule has 9 nitrogen and oxygen atoms in total. The number of rotatable bonds is 6. The first-order valence-corrected chi connectivity index (χ1v) is 8.90. The van der Waals surface area contributed by atoms with Crippen molar-refractivity contribution in [3.8, 4) is 0 Å². The molecule has 3 amide bonds. The third-order valence-corrected chi connectivity index (χ3v) is 3.86. The van der Waals surface area contributed by atoms with Crippen molar-refractivity contribution in [3.05, 3.63) is 60.2 Å². The molecular formula is C20H20N6O3. The molecule has 9 heteroatoms. The molecule has 0 radical (unpaired) electrons. The predicted molar refractivity (Wildman–Crippen MR) is 111 cm³/mol. The van der Waals surface area contributed by atoms with Crippen LogP contribution in [-0.2, 0) is 14.4 Å². The molecule has 1 aliphatic heterocycles. The highest BCUT2D eigenvalue weighted by atomic mass is 16.2. The first-order valence-electron chi connectivity index (χ1n) is 8.90. The zero-order valence-electron chi connectivity index (χ0n) is 15.7. The summed E-state index contributed by atoms with van der Waals surface area (Å²) in [4.78, 5) is 39.6. The van der Waals surface area contributed by atoms with Gasteiger partial charge in [0.05, 0.1) is 12.6 Å². The summed E-state index contributed by atoms with van der Waals surface area (Å²) in [6.07, 6.45) is 1.47. The molecule has 0 saturated carbocycles. The van der Waals surface area contributed by atoms with E-state index >= 15 is 0 Å². The smallest absolute Gasteiger partial charge is 0.252 e. The molecule has 2 aromatic carbocycles. The third-order valence-electron chi connectivity index (χ3n) is 3.86. The molecule has 3 rings (SSSR count). The van der Waals surface area contributed by atoms with E-state index in [-0.39, 0.29) is 30.1 Å². The number of nitrogens with zero attached hydrogens (tertiary/aromatic N) is 2. The van der Waals surface area contributed by atoms with Gasteiger partial charge in [-0.2, -0.15) is 5.10 Å². The van der Waals surface area contributed by atoms with Gasteiger partial charge < -0.3 is 10.6 Å². The van der Waals surface area contributed by atoms with Gasteiger partial charge in [-0.3, -0.25) is 19.7 Å². The number of anilines is 2. The van der Waals surface area contributed by atoms with Crippen LogP contribution in [0.2, 0.25) is 0 Å². The lowest BCUT2D eigenvalue weighted by Crippen LogP contribution is -2.35. The number of aliphatic imine (C=N–C) groups is 1. The Morgan fingerprint density at radius 1 is 1.10 bits per heavy atom. The predicted octanol–water partition coefficient (Wildman–Crippen LogP) is 1.45. The molecule has 148 valence electrons. The van der Waals surface area contributed by atoms with Crippen molar-refractivity contribution in [3.63, 3.8) is 0 Å². The van der Waals surface area contributed by atoms with Gasteiger partial charge in [0.15, 0.2) is 0 Å². The monoisotopic (exact) mass is 392 g/mol. The molecule has 0 aliphatic carbocycles. The van der Waals surface area contributed by atoms with Crippen LogP contribution in [0.15, 0.2) is 64.7 Å². The second kappa shape index (κ2) is 9.27. The summed E-state index contributed by atoms with van der Waals surface area (Å²) in [6.45, 7) is 1.40. The zero-order valence-corrected chi connectivity index (χ0v) is 15.7. The minimum absolute atomic E-state index is 0.121. The Morgan fingerprint density at radius 2 is 1.83 bits per heavy atom. The molecule has 0 bridgehead atoms. The maximum Gasteiger partial charge on any atom is 0.252 e. The number of amides is 3. The number of hydrogen-bond donors (Lipinski definition) is 4. The molecule has 2 aromatic rings. The summed E-state index contributed by atoms with van der Waals surface area (Å²) in [7, 11) is 0. The molecule has 1 heterocycles. The molecule has 29 heavy (non-hydrogen) atoms. The van der Waals surface area contributed by atoms with Crippen molar-refractivity contribution in [2.45, 2.75) is 19.4 Å². The van der Waals surface area contributed by atoms with Gasteiger partial charge in [0.2, 0.25) is 17.8 Å². The van der Waals surface area contributed by atoms with Gasteiger partial charge >= 0.3 is 0 Å². The Balaban J connectivity index is 1.54. The number of hydrazone groups is 1.